The Morgan fingerprint density at radius 3 is 2.85 bits per heavy atom. The van der Waals surface area contributed by atoms with Gasteiger partial charge in [0.15, 0.2) is 0 Å². The lowest BCUT2D eigenvalue weighted by Crippen LogP contribution is -2.48. The second-order valence-corrected chi connectivity index (χ2v) is 7.24. The minimum absolute atomic E-state index is 0.0123. The summed E-state index contributed by atoms with van der Waals surface area (Å²) in [6.07, 6.45) is 0.553. The van der Waals surface area contributed by atoms with E-state index in [0.29, 0.717) is 44.0 Å². The van der Waals surface area contributed by atoms with Gasteiger partial charge in [-0.1, -0.05) is 0 Å². The molecule has 0 spiro atoms. The van der Waals surface area contributed by atoms with Crippen molar-refractivity contribution in [1.82, 2.24) is 20.2 Å². The molecule has 0 aromatic carbocycles. The van der Waals surface area contributed by atoms with Crippen LogP contribution in [0.3, 0.4) is 0 Å². The Bertz CT molecular complexity index is 726. The summed E-state index contributed by atoms with van der Waals surface area (Å²) < 4.78 is 33.8. The number of anilines is 2. The molecule has 1 unspecified atom stereocenters. The molecule has 2 aliphatic heterocycles. The quantitative estimate of drug-likeness (QED) is 0.764. The van der Waals surface area contributed by atoms with Crippen molar-refractivity contribution in [2.24, 2.45) is 0 Å². The van der Waals surface area contributed by atoms with E-state index < -0.39 is 5.92 Å². The van der Waals surface area contributed by atoms with Crippen LogP contribution in [0.5, 0.6) is 0 Å². The first-order valence-electron chi connectivity index (χ1n) is 9.34. The largest absolute Gasteiger partial charge is 0.368 e. The van der Waals surface area contributed by atoms with Crippen molar-refractivity contribution >= 4 is 17.7 Å². The molecule has 1 aliphatic carbocycles. The van der Waals surface area contributed by atoms with Gasteiger partial charge in [-0.2, -0.15) is 13.8 Å². The van der Waals surface area contributed by atoms with E-state index in [0.717, 1.165) is 13.1 Å². The third-order valence-electron chi connectivity index (χ3n) is 5.39. The molecule has 0 radical (unpaired) electrons. The summed E-state index contributed by atoms with van der Waals surface area (Å²) in [7, 11) is 0. The van der Waals surface area contributed by atoms with Gasteiger partial charge >= 0.3 is 0 Å². The summed E-state index contributed by atoms with van der Waals surface area (Å²) in [6.45, 7) is 4.16. The number of hydrogen-bond acceptors (Lipinski definition) is 7. The summed E-state index contributed by atoms with van der Waals surface area (Å²) in [5.41, 5.74) is 5.90. The SMILES string of the molecule is Nc1nc(N2CCC(OCC(=O)N3CCNCC3)C2)c2c(n1)C(F)(F)CC2. The number of amides is 1. The molecule has 2 fully saturated rings. The van der Waals surface area contributed by atoms with Gasteiger partial charge in [0.05, 0.1) is 6.10 Å². The van der Waals surface area contributed by atoms with Crippen LogP contribution in [-0.4, -0.2) is 72.8 Å². The molecule has 1 amide bonds. The standard InChI is InChI=1S/C17H24F2N6O2/c18-17(19)3-1-12-14(17)22-16(20)23-15(12)25-6-2-11(9-25)27-10-13(26)24-7-4-21-5-8-24/h11,21H,1-10H2,(H2,20,22,23). The van der Waals surface area contributed by atoms with Crippen molar-refractivity contribution < 1.29 is 18.3 Å². The maximum absolute atomic E-state index is 14.0. The van der Waals surface area contributed by atoms with Gasteiger partial charge in [-0.25, -0.2) is 4.98 Å². The van der Waals surface area contributed by atoms with Crippen LogP contribution in [-0.2, 0) is 21.9 Å². The van der Waals surface area contributed by atoms with E-state index >= 15 is 0 Å². The molecule has 3 N–H and O–H groups in total. The molecule has 4 rings (SSSR count). The highest BCUT2D eigenvalue weighted by molar-refractivity contribution is 5.77. The number of fused-ring (bicyclic) bond motifs is 1. The molecule has 0 saturated carbocycles. The number of nitrogen functional groups attached to an aromatic ring is 1. The number of nitrogens with two attached hydrogens (primary N) is 1. The fourth-order valence-electron chi connectivity index (χ4n) is 3.93. The van der Waals surface area contributed by atoms with E-state index in [1.807, 2.05) is 4.90 Å². The van der Waals surface area contributed by atoms with Gasteiger partial charge in [0.25, 0.3) is 5.92 Å². The summed E-state index contributed by atoms with van der Waals surface area (Å²) in [4.78, 5) is 23.9. The average molecular weight is 382 g/mol. The molecule has 148 valence electrons. The first-order chi connectivity index (χ1) is 12.9. The zero-order valence-corrected chi connectivity index (χ0v) is 15.1. The van der Waals surface area contributed by atoms with Gasteiger partial charge < -0.3 is 25.6 Å². The van der Waals surface area contributed by atoms with E-state index in [4.69, 9.17) is 10.5 Å². The number of rotatable bonds is 4. The Labute approximate surface area is 156 Å². The number of ether oxygens (including phenoxy) is 1. The van der Waals surface area contributed by atoms with Crippen LogP contribution < -0.4 is 16.0 Å². The van der Waals surface area contributed by atoms with E-state index in [2.05, 4.69) is 15.3 Å². The molecule has 1 aromatic heterocycles. The predicted octanol–water partition coefficient (Wildman–Crippen LogP) is 0.124. The second kappa shape index (κ2) is 7.16. The minimum Gasteiger partial charge on any atom is -0.368 e. The van der Waals surface area contributed by atoms with Gasteiger partial charge in [-0.3, -0.25) is 4.79 Å². The number of carbonyl (C=O) groups excluding carboxylic acids is 1. The van der Waals surface area contributed by atoms with Crippen LogP contribution in [0.1, 0.15) is 24.1 Å². The first-order valence-corrected chi connectivity index (χ1v) is 9.34. The zero-order chi connectivity index (χ0) is 19.0. The molecule has 1 atom stereocenters. The van der Waals surface area contributed by atoms with Crippen LogP contribution in [0.4, 0.5) is 20.5 Å². The van der Waals surface area contributed by atoms with Crippen LogP contribution >= 0.6 is 0 Å². The van der Waals surface area contributed by atoms with Crippen LogP contribution in [0.2, 0.25) is 0 Å². The van der Waals surface area contributed by atoms with Crippen molar-refractivity contribution in [3.8, 4) is 0 Å². The van der Waals surface area contributed by atoms with Gasteiger partial charge in [-0.05, 0) is 12.8 Å². The lowest BCUT2D eigenvalue weighted by atomic mass is 10.2. The highest BCUT2D eigenvalue weighted by Gasteiger charge is 2.44. The van der Waals surface area contributed by atoms with Gasteiger partial charge in [0, 0.05) is 51.3 Å². The Balaban J connectivity index is 1.38. The Hall–Kier alpha value is -2.07. The van der Waals surface area contributed by atoms with E-state index in [-0.39, 0.29) is 43.1 Å². The number of nitrogens with zero attached hydrogens (tertiary/aromatic N) is 4. The molecule has 8 nitrogen and oxygen atoms in total. The van der Waals surface area contributed by atoms with E-state index in [1.54, 1.807) is 4.90 Å². The molecular formula is C17H24F2N6O2. The average Bonchev–Trinajstić information content (AvgIpc) is 3.25. The maximum atomic E-state index is 14.0. The first kappa shape index (κ1) is 18.3. The molecule has 0 bridgehead atoms. The van der Waals surface area contributed by atoms with E-state index in [1.165, 1.54) is 0 Å². The lowest BCUT2D eigenvalue weighted by molar-refractivity contribution is -0.138. The molecule has 2 saturated heterocycles. The molecule has 3 aliphatic rings. The monoisotopic (exact) mass is 382 g/mol. The van der Waals surface area contributed by atoms with Crippen molar-refractivity contribution in [1.29, 1.82) is 0 Å². The second-order valence-electron chi connectivity index (χ2n) is 7.24. The summed E-state index contributed by atoms with van der Waals surface area (Å²) >= 11 is 0. The Kier molecular flexibility index (Phi) is 4.85. The maximum Gasteiger partial charge on any atom is 0.290 e. The summed E-state index contributed by atoms with van der Waals surface area (Å²) in [5.74, 6) is -2.62. The number of alkyl halides is 2. The normalized spacial score (nSPS) is 24.3. The highest BCUT2D eigenvalue weighted by atomic mass is 19.3. The zero-order valence-electron chi connectivity index (χ0n) is 15.1. The van der Waals surface area contributed by atoms with Crippen LogP contribution in [0.15, 0.2) is 0 Å². The van der Waals surface area contributed by atoms with Crippen molar-refractivity contribution in [3.05, 3.63) is 11.3 Å². The van der Waals surface area contributed by atoms with Gasteiger partial charge in [0.1, 0.15) is 18.1 Å². The smallest absolute Gasteiger partial charge is 0.290 e. The number of carbonyl (C=O) groups is 1. The number of nitrogens with one attached hydrogen (secondary N) is 1. The number of aromatic nitrogens is 2. The van der Waals surface area contributed by atoms with Gasteiger partial charge in [0.2, 0.25) is 11.9 Å². The third-order valence-corrected chi connectivity index (χ3v) is 5.39. The molecule has 27 heavy (non-hydrogen) atoms. The molecule has 10 heteroatoms. The summed E-state index contributed by atoms with van der Waals surface area (Å²) in [6, 6.07) is 0. The molecule has 3 heterocycles. The number of hydrogen-bond donors (Lipinski definition) is 2. The fourth-order valence-corrected chi connectivity index (χ4v) is 3.93. The van der Waals surface area contributed by atoms with Gasteiger partial charge in [-0.15, -0.1) is 0 Å². The highest BCUT2D eigenvalue weighted by Crippen LogP contribution is 2.44. The molecule has 1 aromatic rings. The Morgan fingerprint density at radius 1 is 1.30 bits per heavy atom. The van der Waals surface area contributed by atoms with Crippen molar-refractivity contribution in [2.45, 2.75) is 31.3 Å². The summed E-state index contributed by atoms with van der Waals surface area (Å²) in [5, 5.41) is 3.20. The number of piperazine rings is 1. The number of halogens is 2. The van der Waals surface area contributed by atoms with E-state index in [9.17, 15) is 13.6 Å². The van der Waals surface area contributed by atoms with Crippen molar-refractivity contribution in [3.63, 3.8) is 0 Å². The van der Waals surface area contributed by atoms with Crippen LogP contribution in [0.25, 0.3) is 0 Å². The fraction of sp³-hybridized carbons (Fsp3) is 0.706. The lowest BCUT2D eigenvalue weighted by Gasteiger charge is -2.27. The predicted molar refractivity (Wildman–Crippen MR) is 94.7 cm³/mol. The molecular weight excluding hydrogens is 358 g/mol. The topological polar surface area (TPSA) is 96.6 Å². The minimum atomic E-state index is -2.95. The third kappa shape index (κ3) is 3.68. The van der Waals surface area contributed by atoms with Crippen LogP contribution in [0, 0.1) is 0 Å². The van der Waals surface area contributed by atoms with Crippen molar-refractivity contribution in [2.75, 3.05) is 56.5 Å². The Morgan fingerprint density at radius 2 is 2.07 bits per heavy atom.